The van der Waals surface area contributed by atoms with Gasteiger partial charge < -0.3 is 15.3 Å². The van der Waals surface area contributed by atoms with E-state index in [-0.39, 0.29) is 18.1 Å². The molecule has 1 aliphatic carbocycles. The molecule has 2 aromatic rings. The number of aliphatic hydroxyl groups is 1. The molecule has 1 saturated heterocycles. The molecule has 5 rings (SSSR count). The maximum absolute atomic E-state index is 12.6. The lowest BCUT2D eigenvalue weighted by Gasteiger charge is -2.41. The highest BCUT2D eigenvalue weighted by Gasteiger charge is 2.39. The van der Waals surface area contributed by atoms with Gasteiger partial charge in [-0.05, 0) is 25.7 Å². The Kier molecular flexibility index (Phi) is 4.92. The normalized spacial score (nSPS) is 25.0. The van der Waals surface area contributed by atoms with Gasteiger partial charge in [0.05, 0.1) is 33.7 Å². The largest absolute Gasteiger partial charge is 0.394 e. The predicted octanol–water partition coefficient (Wildman–Crippen LogP) is 1.90. The lowest BCUT2D eigenvalue weighted by Crippen LogP contribution is -2.48. The molecule has 0 radical (unpaired) electrons. The first-order chi connectivity index (χ1) is 14.1. The number of nitrogens with one attached hydrogen (secondary N) is 1. The molecule has 10 heteroatoms. The summed E-state index contributed by atoms with van der Waals surface area (Å²) >= 11 is 5.90. The van der Waals surface area contributed by atoms with Crippen molar-refractivity contribution in [3.63, 3.8) is 0 Å². The number of anilines is 2. The smallest absolute Gasteiger partial charge is 0.227 e. The van der Waals surface area contributed by atoms with Gasteiger partial charge in [-0.15, -0.1) is 0 Å². The van der Waals surface area contributed by atoms with Crippen molar-refractivity contribution < 1.29 is 9.32 Å². The number of halogens is 1. The Hall–Kier alpha value is -1.84. The topological polar surface area (TPSA) is 104 Å². The number of hydrogen-bond acceptors (Lipinski definition) is 8. The molecule has 1 unspecified atom stereocenters. The third-order valence-electron chi connectivity index (χ3n) is 6.15. The fourth-order valence-corrected chi connectivity index (χ4v) is 5.68. The maximum atomic E-state index is 12.6. The molecular weight excluding hydrogens is 412 g/mol. The number of aryl methyl sites for hydroxylation is 1. The summed E-state index contributed by atoms with van der Waals surface area (Å²) in [5.74, 6) is 2.83. The highest BCUT2D eigenvalue weighted by atomic mass is 35.5. The van der Waals surface area contributed by atoms with Crippen LogP contribution in [-0.2, 0) is 17.2 Å². The van der Waals surface area contributed by atoms with E-state index in [2.05, 4.69) is 20.2 Å². The summed E-state index contributed by atoms with van der Waals surface area (Å²) < 4.78 is 12.6. The Balaban J connectivity index is 1.43. The molecule has 2 N–H and O–H groups in total. The zero-order chi connectivity index (χ0) is 20.0. The first kappa shape index (κ1) is 19.1. The van der Waals surface area contributed by atoms with E-state index in [1.54, 1.807) is 12.4 Å². The fraction of sp³-hybridized carbons (Fsp3) is 0.579. The maximum Gasteiger partial charge on any atom is 0.227 e. The second kappa shape index (κ2) is 7.45. The Morgan fingerprint density at radius 2 is 2.10 bits per heavy atom. The van der Waals surface area contributed by atoms with E-state index < -0.39 is 10.8 Å². The minimum Gasteiger partial charge on any atom is -0.394 e. The van der Waals surface area contributed by atoms with Gasteiger partial charge in [0.1, 0.15) is 16.5 Å². The van der Waals surface area contributed by atoms with Gasteiger partial charge in [-0.25, -0.2) is 15.0 Å². The fourth-order valence-electron chi connectivity index (χ4n) is 4.27. The Labute approximate surface area is 176 Å². The summed E-state index contributed by atoms with van der Waals surface area (Å²) in [6.07, 6.45) is 7.72. The summed E-state index contributed by atoms with van der Waals surface area (Å²) in [6.45, 7) is 1.59. The van der Waals surface area contributed by atoms with E-state index in [1.807, 2.05) is 0 Å². The highest BCUT2D eigenvalue weighted by molar-refractivity contribution is 7.85. The van der Waals surface area contributed by atoms with Crippen LogP contribution in [0.5, 0.6) is 0 Å². The standard InChI is InChI=1S/C19H23ClN6O2S/c20-13-8-21-16(22-9-13)12-2-6-26(10-12)18-23-14-3-7-29(28)15(14)17(24-18)25-19(11-27)4-1-5-19/h8-9,12,27H,1-7,10-11H2,(H,23,24,25)/t12?,29-/m0/s1. The van der Waals surface area contributed by atoms with Crippen molar-refractivity contribution in [3.05, 3.63) is 28.9 Å². The molecular formula is C19H23ClN6O2S. The van der Waals surface area contributed by atoms with Gasteiger partial charge in [-0.1, -0.05) is 11.6 Å². The Morgan fingerprint density at radius 3 is 2.79 bits per heavy atom. The van der Waals surface area contributed by atoms with Crippen LogP contribution in [0.15, 0.2) is 17.3 Å². The van der Waals surface area contributed by atoms with Crippen molar-refractivity contribution in [2.45, 2.75) is 48.5 Å². The molecule has 3 aliphatic rings. The first-order valence-electron chi connectivity index (χ1n) is 9.98. The van der Waals surface area contributed by atoms with Crippen molar-refractivity contribution in [1.29, 1.82) is 0 Å². The van der Waals surface area contributed by atoms with Gasteiger partial charge in [0, 0.05) is 43.6 Å². The lowest BCUT2D eigenvalue weighted by molar-refractivity contribution is 0.143. The van der Waals surface area contributed by atoms with E-state index in [0.717, 1.165) is 50.3 Å². The minimum atomic E-state index is -1.09. The molecule has 0 spiro atoms. The lowest BCUT2D eigenvalue weighted by atomic mass is 9.77. The summed E-state index contributed by atoms with van der Waals surface area (Å²) in [7, 11) is -1.09. The predicted molar refractivity (Wildman–Crippen MR) is 111 cm³/mol. The minimum absolute atomic E-state index is 0.0490. The highest BCUT2D eigenvalue weighted by Crippen LogP contribution is 2.39. The van der Waals surface area contributed by atoms with E-state index >= 15 is 0 Å². The Morgan fingerprint density at radius 1 is 1.31 bits per heavy atom. The van der Waals surface area contributed by atoms with E-state index in [4.69, 9.17) is 21.6 Å². The second-order valence-corrected chi connectivity index (χ2v) is 10.00. The van der Waals surface area contributed by atoms with Crippen LogP contribution in [0.4, 0.5) is 11.8 Å². The number of aliphatic hydroxyl groups excluding tert-OH is 1. The molecule has 1 saturated carbocycles. The molecule has 4 heterocycles. The van der Waals surface area contributed by atoms with Gasteiger partial charge in [-0.2, -0.15) is 4.98 Å². The average Bonchev–Trinajstić information content (AvgIpc) is 3.33. The molecule has 2 atom stereocenters. The van der Waals surface area contributed by atoms with Crippen LogP contribution in [0.3, 0.4) is 0 Å². The molecule has 2 aromatic heterocycles. The SMILES string of the molecule is O=[S@]1CCc2nc(N3CCC(c4ncc(Cl)cn4)C3)nc(NC3(CO)CCC3)c21. The number of fused-ring (bicyclic) bond motifs is 1. The zero-order valence-corrected chi connectivity index (χ0v) is 17.5. The number of rotatable bonds is 5. The number of hydrogen-bond donors (Lipinski definition) is 2. The van der Waals surface area contributed by atoms with Crippen molar-refractivity contribution in [3.8, 4) is 0 Å². The van der Waals surface area contributed by atoms with Crippen LogP contribution in [-0.4, -0.2) is 60.2 Å². The van der Waals surface area contributed by atoms with Gasteiger partial charge >= 0.3 is 0 Å². The third-order valence-corrected chi connectivity index (χ3v) is 7.80. The van der Waals surface area contributed by atoms with Gasteiger partial charge in [0.15, 0.2) is 0 Å². The molecule has 0 aromatic carbocycles. The molecule has 0 bridgehead atoms. The van der Waals surface area contributed by atoms with Crippen molar-refractivity contribution >= 4 is 34.2 Å². The molecule has 29 heavy (non-hydrogen) atoms. The molecule has 8 nitrogen and oxygen atoms in total. The van der Waals surface area contributed by atoms with Crippen molar-refractivity contribution in [2.75, 3.05) is 35.7 Å². The van der Waals surface area contributed by atoms with Crippen LogP contribution in [0.2, 0.25) is 5.02 Å². The van der Waals surface area contributed by atoms with Gasteiger partial charge in [0.25, 0.3) is 0 Å². The Bertz CT molecular complexity index is 947. The third kappa shape index (κ3) is 3.49. The first-order valence-corrected chi connectivity index (χ1v) is 11.7. The van der Waals surface area contributed by atoms with Crippen molar-refractivity contribution in [1.82, 2.24) is 19.9 Å². The van der Waals surface area contributed by atoms with Gasteiger partial charge in [0.2, 0.25) is 5.95 Å². The monoisotopic (exact) mass is 434 g/mol. The van der Waals surface area contributed by atoms with Crippen molar-refractivity contribution in [2.24, 2.45) is 0 Å². The summed E-state index contributed by atoms with van der Waals surface area (Å²) in [5, 5.41) is 13.8. The van der Waals surface area contributed by atoms with E-state index in [9.17, 15) is 9.32 Å². The van der Waals surface area contributed by atoms with Crippen LogP contribution >= 0.6 is 11.6 Å². The number of aromatic nitrogens is 4. The quantitative estimate of drug-likeness (QED) is 0.735. The summed E-state index contributed by atoms with van der Waals surface area (Å²) in [5.41, 5.74) is 0.506. The molecule has 2 aliphatic heterocycles. The van der Waals surface area contributed by atoms with Gasteiger partial charge in [-0.3, -0.25) is 4.21 Å². The van der Waals surface area contributed by atoms with Crippen LogP contribution < -0.4 is 10.2 Å². The number of nitrogens with zero attached hydrogens (tertiary/aromatic N) is 5. The van der Waals surface area contributed by atoms with Crippen LogP contribution in [0.25, 0.3) is 0 Å². The molecule has 2 fully saturated rings. The summed E-state index contributed by atoms with van der Waals surface area (Å²) in [6, 6.07) is 0. The molecule has 154 valence electrons. The second-order valence-electron chi connectivity index (χ2n) is 8.06. The average molecular weight is 435 g/mol. The van der Waals surface area contributed by atoms with Crippen LogP contribution in [0, 0.1) is 0 Å². The van der Waals surface area contributed by atoms with Crippen LogP contribution in [0.1, 0.15) is 43.1 Å². The zero-order valence-electron chi connectivity index (χ0n) is 16.0. The molecule has 0 amide bonds. The summed E-state index contributed by atoms with van der Waals surface area (Å²) in [4.78, 5) is 21.1. The van der Waals surface area contributed by atoms with E-state index in [1.165, 1.54) is 0 Å². The van der Waals surface area contributed by atoms with E-state index in [0.29, 0.717) is 33.9 Å².